The molecule has 1 saturated heterocycles. The molecule has 1 N–H and O–H groups in total. The van der Waals surface area contributed by atoms with E-state index >= 15 is 0 Å². The lowest BCUT2D eigenvalue weighted by Crippen LogP contribution is -2.43. The molecule has 0 radical (unpaired) electrons. The van der Waals surface area contributed by atoms with Gasteiger partial charge in [0, 0.05) is 23.5 Å². The molecule has 3 rings (SSSR count). The van der Waals surface area contributed by atoms with Crippen LogP contribution in [0.1, 0.15) is 44.7 Å². The minimum Gasteiger partial charge on any atom is -0.492 e. The SMILES string of the molecule is CC(C)(C)c1ccc(OCCNC(=O)C2CCN(S(=O)(=O)Cc3cccc(Br)c3)CC2)cc1. The fraction of sp³-hybridized carbons (Fsp3) is 0.480. The maximum atomic E-state index is 12.8. The number of sulfonamides is 1. The number of hydrogen-bond acceptors (Lipinski definition) is 4. The lowest BCUT2D eigenvalue weighted by molar-refractivity contribution is -0.126. The molecule has 0 bridgehead atoms. The van der Waals surface area contributed by atoms with E-state index in [2.05, 4.69) is 54.2 Å². The fourth-order valence-electron chi connectivity index (χ4n) is 3.86. The molecule has 0 aliphatic carbocycles. The second kappa shape index (κ2) is 11.0. The molecule has 2 aromatic carbocycles. The molecule has 0 aromatic heterocycles. The number of piperidine rings is 1. The lowest BCUT2D eigenvalue weighted by Gasteiger charge is -2.30. The molecule has 0 unspecified atom stereocenters. The number of halogens is 1. The molecule has 1 aliphatic heterocycles. The van der Waals surface area contributed by atoms with E-state index in [9.17, 15) is 13.2 Å². The number of amides is 1. The Kier molecular flexibility index (Phi) is 8.59. The summed E-state index contributed by atoms with van der Waals surface area (Å²) in [5.74, 6) is 0.539. The zero-order valence-electron chi connectivity index (χ0n) is 19.5. The van der Waals surface area contributed by atoms with Crippen molar-refractivity contribution in [2.24, 2.45) is 5.92 Å². The van der Waals surface area contributed by atoms with Crippen molar-refractivity contribution in [2.45, 2.75) is 44.8 Å². The van der Waals surface area contributed by atoms with E-state index in [0.29, 0.717) is 39.1 Å². The van der Waals surface area contributed by atoms with Crippen molar-refractivity contribution in [1.82, 2.24) is 9.62 Å². The number of rotatable bonds is 8. The van der Waals surface area contributed by atoms with Crippen molar-refractivity contribution >= 4 is 31.9 Å². The summed E-state index contributed by atoms with van der Waals surface area (Å²) >= 11 is 3.38. The molecule has 0 atom stereocenters. The Bertz CT molecular complexity index is 1040. The lowest BCUT2D eigenvalue weighted by atomic mass is 9.87. The average molecular weight is 538 g/mol. The van der Waals surface area contributed by atoms with Crippen molar-refractivity contribution < 1.29 is 17.9 Å². The molecule has 0 spiro atoms. The van der Waals surface area contributed by atoms with Crippen molar-refractivity contribution in [3.63, 3.8) is 0 Å². The van der Waals surface area contributed by atoms with Crippen molar-refractivity contribution in [2.75, 3.05) is 26.2 Å². The van der Waals surface area contributed by atoms with Gasteiger partial charge in [0.25, 0.3) is 0 Å². The highest BCUT2D eigenvalue weighted by Crippen LogP contribution is 2.25. The first-order chi connectivity index (χ1) is 15.5. The van der Waals surface area contributed by atoms with Gasteiger partial charge in [-0.25, -0.2) is 12.7 Å². The van der Waals surface area contributed by atoms with Crippen LogP contribution in [0.25, 0.3) is 0 Å². The predicted molar refractivity (Wildman–Crippen MR) is 135 cm³/mol. The quantitative estimate of drug-likeness (QED) is 0.504. The smallest absolute Gasteiger partial charge is 0.223 e. The van der Waals surface area contributed by atoms with Gasteiger partial charge >= 0.3 is 0 Å². The summed E-state index contributed by atoms with van der Waals surface area (Å²) in [7, 11) is -3.41. The number of nitrogens with one attached hydrogen (secondary N) is 1. The minimum absolute atomic E-state index is 0.0304. The third-order valence-corrected chi connectivity index (χ3v) is 8.19. The zero-order chi connectivity index (χ0) is 24.1. The Morgan fingerprint density at radius 3 is 2.39 bits per heavy atom. The second-order valence-corrected chi connectivity index (χ2v) is 12.4. The number of carbonyl (C=O) groups is 1. The molecular weight excluding hydrogens is 504 g/mol. The number of ether oxygens (including phenoxy) is 1. The third-order valence-electron chi connectivity index (χ3n) is 5.85. The molecule has 1 aliphatic rings. The largest absolute Gasteiger partial charge is 0.492 e. The van der Waals surface area contributed by atoms with Crippen LogP contribution in [0.2, 0.25) is 0 Å². The van der Waals surface area contributed by atoms with Gasteiger partial charge in [-0.05, 0) is 53.6 Å². The molecular formula is C25H33BrN2O4S. The van der Waals surface area contributed by atoms with Crippen molar-refractivity contribution in [3.05, 3.63) is 64.1 Å². The van der Waals surface area contributed by atoms with Crippen LogP contribution in [0.15, 0.2) is 53.0 Å². The molecule has 1 amide bonds. The van der Waals surface area contributed by atoms with E-state index < -0.39 is 10.0 Å². The Morgan fingerprint density at radius 1 is 1.12 bits per heavy atom. The van der Waals surface area contributed by atoms with E-state index in [4.69, 9.17) is 4.74 Å². The highest BCUT2D eigenvalue weighted by atomic mass is 79.9. The van der Waals surface area contributed by atoms with Crippen LogP contribution < -0.4 is 10.1 Å². The maximum absolute atomic E-state index is 12.8. The van der Waals surface area contributed by atoms with E-state index in [0.717, 1.165) is 15.8 Å². The first-order valence-electron chi connectivity index (χ1n) is 11.3. The molecule has 33 heavy (non-hydrogen) atoms. The first kappa shape index (κ1) is 25.7. The molecule has 0 saturated carbocycles. The van der Waals surface area contributed by atoms with Gasteiger partial charge in [-0.15, -0.1) is 0 Å². The molecule has 1 heterocycles. The molecule has 180 valence electrons. The highest BCUT2D eigenvalue weighted by molar-refractivity contribution is 9.10. The monoisotopic (exact) mass is 536 g/mol. The van der Waals surface area contributed by atoms with Crippen molar-refractivity contribution in [3.8, 4) is 5.75 Å². The van der Waals surface area contributed by atoms with E-state index in [1.807, 2.05) is 36.4 Å². The first-order valence-corrected chi connectivity index (χ1v) is 13.7. The summed E-state index contributed by atoms with van der Waals surface area (Å²) in [6, 6.07) is 15.4. The summed E-state index contributed by atoms with van der Waals surface area (Å²) in [4.78, 5) is 12.5. The summed E-state index contributed by atoms with van der Waals surface area (Å²) in [6.45, 7) is 8.04. The van der Waals surface area contributed by atoms with Gasteiger partial charge in [-0.3, -0.25) is 4.79 Å². The molecule has 6 nitrogen and oxygen atoms in total. The van der Waals surface area contributed by atoms with Crippen LogP contribution in [0.4, 0.5) is 0 Å². The number of carbonyl (C=O) groups excluding carboxylic acids is 1. The van der Waals surface area contributed by atoms with E-state index in [1.165, 1.54) is 9.87 Å². The van der Waals surface area contributed by atoms with Crippen LogP contribution in [-0.4, -0.2) is 44.9 Å². The topological polar surface area (TPSA) is 75.7 Å². The van der Waals surface area contributed by atoms with Gasteiger partial charge in [0.15, 0.2) is 0 Å². The molecule has 1 fully saturated rings. The van der Waals surface area contributed by atoms with Gasteiger partial charge in [0.1, 0.15) is 12.4 Å². The zero-order valence-corrected chi connectivity index (χ0v) is 21.9. The Morgan fingerprint density at radius 2 is 1.79 bits per heavy atom. The van der Waals surface area contributed by atoms with E-state index in [-0.39, 0.29) is 23.0 Å². The van der Waals surface area contributed by atoms with Crippen molar-refractivity contribution in [1.29, 1.82) is 0 Å². The second-order valence-electron chi connectivity index (χ2n) is 9.47. The highest BCUT2D eigenvalue weighted by Gasteiger charge is 2.31. The van der Waals surface area contributed by atoms with Crippen LogP contribution in [0.3, 0.4) is 0 Å². The summed E-state index contributed by atoms with van der Waals surface area (Å²) in [6.07, 6.45) is 1.05. The van der Waals surface area contributed by atoms with E-state index in [1.54, 1.807) is 0 Å². The fourth-order valence-corrected chi connectivity index (χ4v) is 5.86. The minimum atomic E-state index is -3.41. The summed E-state index contributed by atoms with van der Waals surface area (Å²) < 4.78 is 33.6. The molecule has 2 aromatic rings. The number of nitrogens with zero attached hydrogens (tertiary/aromatic N) is 1. The van der Waals surface area contributed by atoms with Crippen LogP contribution in [0.5, 0.6) is 5.75 Å². The van der Waals surface area contributed by atoms with Gasteiger partial charge in [-0.1, -0.05) is 61.0 Å². The normalized spacial score (nSPS) is 15.9. The Hall–Kier alpha value is -1.90. The number of benzene rings is 2. The third kappa shape index (κ3) is 7.55. The van der Waals surface area contributed by atoms with Crippen LogP contribution in [-0.2, 0) is 26.0 Å². The van der Waals surface area contributed by atoms with Gasteiger partial charge in [-0.2, -0.15) is 0 Å². The average Bonchev–Trinajstić information content (AvgIpc) is 2.76. The summed E-state index contributed by atoms with van der Waals surface area (Å²) in [5, 5.41) is 2.92. The van der Waals surface area contributed by atoms with Gasteiger partial charge in [0.2, 0.25) is 15.9 Å². The standard InChI is InChI=1S/C25H33BrN2O4S/c1-25(2,3)21-7-9-23(10-8-21)32-16-13-27-24(29)20-11-14-28(15-12-20)33(30,31)18-19-5-4-6-22(26)17-19/h4-10,17,20H,11-16,18H2,1-3H3,(H,27,29). The van der Waals surface area contributed by atoms with Gasteiger partial charge < -0.3 is 10.1 Å². The summed E-state index contributed by atoms with van der Waals surface area (Å²) in [5.41, 5.74) is 2.09. The Labute approximate surface area is 205 Å². The number of hydrogen-bond donors (Lipinski definition) is 1. The van der Waals surface area contributed by atoms with Gasteiger partial charge in [0.05, 0.1) is 12.3 Å². The Balaban J connectivity index is 1.39. The van der Waals surface area contributed by atoms with Crippen LogP contribution >= 0.6 is 15.9 Å². The molecule has 8 heteroatoms. The maximum Gasteiger partial charge on any atom is 0.223 e. The predicted octanol–water partition coefficient (Wildman–Crippen LogP) is 4.48. The van der Waals surface area contributed by atoms with Crippen LogP contribution in [0, 0.1) is 5.92 Å².